The molecule has 1 aromatic carbocycles. The van der Waals surface area contributed by atoms with Crippen LogP contribution in [0.25, 0.3) is 0 Å². The lowest BCUT2D eigenvalue weighted by Crippen LogP contribution is -2.33. The van der Waals surface area contributed by atoms with Crippen LogP contribution in [0.15, 0.2) is 22.7 Å². The molecule has 2 aliphatic rings. The molecule has 3 rings (SSSR count). The van der Waals surface area contributed by atoms with Gasteiger partial charge in [-0.15, -0.1) is 0 Å². The van der Waals surface area contributed by atoms with Gasteiger partial charge in [-0.25, -0.2) is 0 Å². The van der Waals surface area contributed by atoms with Gasteiger partial charge in [-0.2, -0.15) is 0 Å². The van der Waals surface area contributed by atoms with Crippen LogP contribution < -0.4 is 10.1 Å². The molecule has 2 fully saturated rings. The van der Waals surface area contributed by atoms with E-state index in [0.717, 1.165) is 34.6 Å². The van der Waals surface area contributed by atoms with Crippen LogP contribution in [0.3, 0.4) is 0 Å². The van der Waals surface area contributed by atoms with Gasteiger partial charge >= 0.3 is 0 Å². The molecule has 0 aliphatic heterocycles. The van der Waals surface area contributed by atoms with Crippen molar-refractivity contribution in [3.05, 3.63) is 28.2 Å². The van der Waals surface area contributed by atoms with Gasteiger partial charge in [-0.3, -0.25) is 0 Å². The van der Waals surface area contributed by atoms with Crippen LogP contribution in [0.4, 0.5) is 0 Å². The first-order chi connectivity index (χ1) is 8.76. The second-order valence-corrected chi connectivity index (χ2v) is 6.53. The summed E-state index contributed by atoms with van der Waals surface area (Å²) in [4.78, 5) is 0. The summed E-state index contributed by atoms with van der Waals surface area (Å²) in [6.07, 6.45) is 5.72. The average molecular weight is 310 g/mol. The van der Waals surface area contributed by atoms with Gasteiger partial charge < -0.3 is 10.1 Å². The van der Waals surface area contributed by atoms with Gasteiger partial charge in [0.05, 0.1) is 7.11 Å². The first kappa shape index (κ1) is 12.5. The van der Waals surface area contributed by atoms with Crippen molar-refractivity contribution in [2.24, 2.45) is 11.8 Å². The lowest BCUT2D eigenvalue weighted by molar-refractivity contribution is 0.346. The van der Waals surface area contributed by atoms with E-state index in [1.165, 1.54) is 31.2 Å². The smallest absolute Gasteiger partial charge is 0.123 e. The minimum atomic E-state index is 0.729. The molecule has 3 unspecified atom stereocenters. The molecule has 2 aliphatic carbocycles. The summed E-state index contributed by atoms with van der Waals surface area (Å²) in [6, 6.07) is 6.94. The summed E-state index contributed by atoms with van der Waals surface area (Å²) in [7, 11) is 1.74. The maximum absolute atomic E-state index is 5.42. The standard InChI is InChI=1S/C15H20BrNO/c1-18-15-5-4-13(16)8-12(15)9-17-14-7-10-2-3-11(14)6-10/h4-5,8,10-11,14,17H,2-3,6-7,9H2,1H3. The highest BCUT2D eigenvalue weighted by Gasteiger charge is 2.39. The number of rotatable bonds is 4. The molecule has 0 radical (unpaired) electrons. The summed E-state index contributed by atoms with van der Waals surface area (Å²) in [6.45, 7) is 0.913. The summed E-state index contributed by atoms with van der Waals surface area (Å²) in [5, 5.41) is 3.73. The van der Waals surface area contributed by atoms with Crippen LogP contribution in [-0.4, -0.2) is 13.2 Å². The number of hydrogen-bond acceptors (Lipinski definition) is 2. The minimum Gasteiger partial charge on any atom is -0.496 e. The maximum Gasteiger partial charge on any atom is 0.123 e. The summed E-state index contributed by atoms with van der Waals surface area (Å²) < 4.78 is 6.54. The Kier molecular flexibility index (Phi) is 3.62. The largest absolute Gasteiger partial charge is 0.496 e. The average Bonchev–Trinajstić information content (AvgIpc) is 2.98. The van der Waals surface area contributed by atoms with E-state index >= 15 is 0 Å². The Labute approximate surface area is 117 Å². The van der Waals surface area contributed by atoms with Crippen molar-refractivity contribution in [2.45, 2.75) is 38.3 Å². The molecule has 98 valence electrons. The number of hydrogen-bond donors (Lipinski definition) is 1. The second kappa shape index (κ2) is 5.22. The zero-order valence-corrected chi connectivity index (χ0v) is 12.4. The third-order valence-corrected chi connectivity index (χ3v) is 5.03. The molecule has 2 saturated carbocycles. The SMILES string of the molecule is COc1ccc(Br)cc1CNC1CC2CCC1C2. The van der Waals surface area contributed by atoms with E-state index in [1.54, 1.807) is 7.11 Å². The normalized spacial score (nSPS) is 29.8. The molecule has 18 heavy (non-hydrogen) atoms. The quantitative estimate of drug-likeness (QED) is 0.915. The number of benzene rings is 1. The third-order valence-electron chi connectivity index (χ3n) is 4.54. The van der Waals surface area contributed by atoms with Crippen molar-refractivity contribution in [1.29, 1.82) is 0 Å². The highest BCUT2D eigenvalue weighted by molar-refractivity contribution is 9.10. The van der Waals surface area contributed by atoms with E-state index in [1.807, 2.05) is 12.1 Å². The topological polar surface area (TPSA) is 21.3 Å². The van der Waals surface area contributed by atoms with Crippen molar-refractivity contribution >= 4 is 15.9 Å². The molecule has 3 heteroatoms. The molecule has 2 bridgehead atoms. The van der Waals surface area contributed by atoms with E-state index < -0.39 is 0 Å². The van der Waals surface area contributed by atoms with Crippen molar-refractivity contribution in [2.75, 3.05) is 7.11 Å². The van der Waals surface area contributed by atoms with E-state index in [4.69, 9.17) is 4.74 Å². The summed E-state index contributed by atoms with van der Waals surface area (Å²) >= 11 is 3.53. The Bertz CT molecular complexity index is 435. The lowest BCUT2D eigenvalue weighted by Gasteiger charge is -2.23. The molecule has 0 saturated heterocycles. The fraction of sp³-hybridized carbons (Fsp3) is 0.600. The van der Waals surface area contributed by atoms with Gasteiger partial charge in [0, 0.05) is 22.6 Å². The Morgan fingerprint density at radius 3 is 2.89 bits per heavy atom. The molecule has 0 aromatic heterocycles. The molecular formula is C15H20BrNO. The van der Waals surface area contributed by atoms with Gasteiger partial charge in [-0.1, -0.05) is 22.4 Å². The molecule has 1 aromatic rings. The van der Waals surface area contributed by atoms with E-state index in [2.05, 4.69) is 27.3 Å². The van der Waals surface area contributed by atoms with Crippen LogP contribution in [0.5, 0.6) is 5.75 Å². The molecule has 3 atom stereocenters. The van der Waals surface area contributed by atoms with Crippen molar-refractivity contribution in [1.82, 2.24) is 5.32 Å². The monoisotopic (exact) mass is 309 g/mol. The molecule has 0 amide bonds. The Hall–Kier alpha value is -0.540. The van der Waals surface area contributed by atoms with Crippen LogP contribution in [0, 0.1) is 11.8 Å². The second-order valence-electron chi connectivity index (χ2n) is 5.62. The van der Waals surface area contributed by atoms with Crippen LogP contribution in [0.1, 0.15) is 31.2 Å². The van der Waals surface area contributed by atoms with E-state index in [0.29, 0.717) is 0 Å². The molecule has 0 spiro atoms. The van der Waals surface area contributed by atoms with Crippen molar-refractivity contribution in [3.63, 3.8) is 0 Å². The van der Waals surface area contributed by atoms with Gasteiger partial charge in [-0.05, 0) is 49.3 Å². The zero-order valence-electron chi connectivity index (χ0n) is 10.8. The van der Waals surface area contributed by atoms with Crippen molar-refractivity contribution in [3.8, 4) is 5.75 Å². The highest BCUT2D eigenvalue weighted by atomic mass is 79.9. The van der Waals surface area contributed by atoms with Crippen LogP contribution in [0.2, 0.25) is 0 Å². The molecular weight excluding hydrogens is 290 g/mol. The van der Waals surface area contributed by atoms with Gasteiger partial charge in [0.1, 0.15) is 5.75 Å². The number of methoxy groups -OCH3 is 1. The first-order valence-electron chi connectivity index (χ1n) is 6.82. The highest BCUT2D eigenvalue weighted by Crippen LogP contribution is 2.44. The fourth-order valence-electron chi connectivity index (χ4n) is 3.62. The molecule has 0 heterocycles. The van der Waals surface area contributed by atoms with E-state index in [9.17, 15) is 0 Å². The van der Waals surface area contributed by atoms with Crippen molar-refractivity contribution < 1.29 is 4.74 Å². The number of ether oxygens (including phenoxy) is 1. The summed E-state index contributed by atoms with van der Waals surface area (Å²) in [5.74, 6) is 2.90. The van der Waals surface area contributed by atoms with Gasteiger partial charge in [0.2, 0.25) is 0 Å². The third kappa shape index (κ3) is 2.43. The maximum atomic E-state index is 5.42. The molecule has 2 nitrogen and oxygen atoms in total. The Balaban J connectivity index is 1.64. The van der Waals surface area contributed by atoms with Gasteiger partial charge in [0.15, 0.2) is 0 Å². The minimum absolute atomic E-state index is 0.729. The predicted molar refractivity (Wildman–Crippen MR) is 76.8 cm³/mol. The number of halogens is 1. The summed E-state index contributed by atoms with van der Waals surface area (Å²) in [5.41, 5.74) is 1.25. The Morgan fingerprint density at radius 2 is 2.22 bits per heavy atom. The van der Waals surface area contributed by atoms with E-state index in [-0.39, 0.29) is 0 Å². The van der Waals surface area contributed by atoms with Crippen LogP contribution in [-0.2, 0) is 6.54 Å². The zero-order chi connectivity index (χ0) is 12.5. The first-order valence-corrected chi connectivity index (χ1v) is 7.61. The fourth-order valence-corrected chi connectivity index (χ4v) is 4.03. The number of nitrogens with one attached hydrogen (secondary N) is 1. The number of fused-ring (bicyclic) bond motifs is 2. The Morgan fingerprint density at radius 1 is 1.33 bits per heavy atom. The van der Waals surface area contributed by atoms with Gasteiger partial charge in [0.25, 0.3) is 0 Å². The van der Waals surface area contributed by atoms with Crippen LogP contribution >= 0.6 is 15.9 Å². The lowest BCUT2D eigenvalue weighted by atomic mass is 9.95. The predicted octanol–water partition coefficient (Wildman–Crippen LogP) is 3.74. The molecule has 1 N–H and O–H groups in total.